The van der Waals surface area contributed by atoms with Crippen LogP contribution in [-0.4, -0.2) is 60.1 Å². The number of hydrogen-bond acceptors (Lipinski definition) is 9. The Morgan fingerprint density at radius 3 is 2.54 bits per heavy atom. The van der Waals surface area contributed by atoms with E-state index in [9.17, 15) is 18.0 Å². The zero-order valence-corrected chi connectivity index (χ0v) is 23.2. The van der Waals surface area contributed by atoms with Crippen LogP contribution in [-0.2, 0) is 10.0 Å². The maximum Gasteiger partial charge on any atom is 0.333 e. The van der Waals surface area contributed by atoms with Crippen molar-refractivity contribution < 1.29 is 13.2 Å². The first-order valence-electron chi connectivity index (χ1n) is 12.3. The standard InChI is InChI=1S/C25H26ClN7O4S2/c26-21-7-9-23(38-21)39(36,37)31-25(35)30-18-5-8-22(28-15-18)33-16-29-20-14-17(4-6-19(20)24(33)34)27-10-13-32-11-2-1-3-12-32/h4-9,14-16,27H,1-3,10-13H2,(H2,30,31,35). The molecule has 0 aliphatic carbocycles. The van der Waals surface area contributed by atoms with Gasteiger partial charge in [0.15, 0.2) is 0 Å². The highest BCUT2D eigenvalue weighted by Crippen LogP contribution is 2.25. The molecule has 14 heteroatoms. The molecule has 0 spiro atoms. The van der Waals surface area contributed by atoms with Crippen molar-refractivity contribution in [3.8, 4) is 5.82 Å². The van der Waals surface area contributed by atoms with Crippen molar-refractivity contribution in [2.75, 3.05) is 36.8 Å². The topological polar surface area (TPSA) is 138 Å². The number of rotatable bonds is 8. The van der Waals surface area contributed by atoms with E-state index in [1.807, 2.05) is 16.9 Å². The smallest absolute Gasteiger partial charge is 0.333 e. The van der Waals surface area contributed by atoms with Gasteiger partial charge < -0.3 is 15.5 Å². The molecule has 0 radical (unpaired) electrons. The van der Waals surface area contributed by atoms with E-state index in [0.717, 1.165) is 43.2 Å². The lowest BCUT2D eigenvalue weighted by Crippen LogP contribution is -2.34. The van der Waals surface area contributed by atoms with Gasteiger partial charge in [-0.1, -0.05) is 18.0 Å². The third-order valence-corrected chi connectivity index (χ3v) is 9.31. The van der Waals surface area contributed by atoms with Crippen molar-refractivity contribution in [3.05, 3.63) is 69.7 Å². The van der Waals surface area contributed by atoms with E-state index in [2.05, 4.69) is 25.5 Å². The molecule has 0 bridgehead atoms. The molecule has 4 heterocycles. The summed E-state index contributed by atoms with van der Waals surface area (Å²) >= 11 is 6.61. The van der Waals surface area contributed by atoms with Crippen molar-refractivity contribution in [2.45, 2.75) is 23.5 Å². The highest BCUT2D eigenvalue weighted by molar-refractivity contribution is 7.92. The van der Waals surface area contributed by atoms with Gasteiger partial charge in [-0.2, -0.15) is 0 Å². The highest BCUT2D eigenvalue weighted by Gasteiger charge is 2.20. The fraction of sp³-hybridized carbons (Fsp3) is 0.280. The normalized spacial score (nSPS) is 14.3. The predicted molar refractivity (Wildman–Crippen MR) is 153 cm³/mol. The van der Waals surface area contributed by atoms with E-state index in [-0.39, 0.29) is 19.8 Å². The number of aromatic nitrogens is 3. The number of thiophene rings is 1. The Bertz CT molecular complexity index is 1650. The van der Waals surface area contributed by atoms with Crippen LogP contribution in [0.15, 0.2) is 64.0 Å². The van der Waals surface area contributed by atoms with Crippen LogP contribution in [0.25, 0.3) is 16.7 Å². The first kappa shape index (κ1) is 27.1. The molecule has 0 unspecified atom stereocenters. The molecule has 39 heavy (non-hydrogen) atoms. The first-order chi connectivity index (χ1) is 18.8. The molecule has 0 saturated carbocycles. The SMILES string of the molecule is O=C(Nc1ccc(-n2cnc3cc(NCCN4CCCCC4)ccc3c2=O)nc1)NS(=O)(=O)c1ccc(Cl)s1. The number of pyridine rings is 1. The number of urea groups is 1. The summed E-state index contributed by atoms with van der Waals surface area (Å²) in [6.45, 7) is 4.09. The summed E-state index contributed by atoms with van der Waals surface area (Å²) in [4.78, 5) is 36.4. The largest absolute Gasteiger partial charge is 0.384 e. The molecular weight excluding hydrogens is 562 g/mol. The number of halogens is 1. The summed E-state index contributed by atoms with van der Waals surface area (Å²) in [5, 5.41) is 6.26. The minimum Gasteiger partial charge on any atom is -0.384 e. The molecule has 1 saturated heterocycles. The number of amides is 2. The van der Waals surface area contributed by atoms with E-state index in [1.165, 1.54) is 60.6 Å². The van der Waals surface area contributed by atoms with Gasteiger partial charge in [0, 0.05) is 18.8 Å². The van der Waals surface area contributed by atoms with Gasteiger partial charge in [-0.25, -0.2) is 27.9 Å². The van der Waals surface area contributed by atoms with Gasteiger partial charge in [-0.15, -0.1) is 11.3 Å². The summed E-state index contributed by atoms with van der Waals surface area (Å²) in [6, 6.07) is 10.3. The second-order valence-electron chi connectivity index (χ2n) is 9.00. The first-order valence-corrected chi connectivity index (χ1v) is 15.0. The minimum atomic E-state index is -4.06. The number of sulfonamides is 1. The zero-order valence-electron chi connectivity index (χ0n) is 20.8. The summed E-state index contributed by atoms with van der Waals surface area (Å²) in [5.41, 5.74) is 1.42. The minimum absolute atomic E-state index is 0.0837. The van der Waals surface area contributed by atoms with Crippen molar-refractivity contribution in [2.24, 2.45) is 0 Å². The number of anilines is 2. The lowest BCUT2D eigenvalue weighted by atomic mass is 10.1. The number of nitrogens with zero attached hydrogens (tertiary/aromatic N) is 4. The number of nitrogens with one attached hydrogen (secondary N) is 3. The van der Waals surface area contributed by atoms with Gasteiger partial charge in [0.05, 0.1) is 27.1 Å². The quantitative estimate of drug-likeness (QED) is 0.282. The Labute approximate surface area is 233 Å². The van der Waals surface area contributed by atoms with Gasteiger partial charge in [0.1, 0.15) is 16.4 Å². The average molecular weight is 588 g/mol. The molecule has 1 aliphatic rings. The Balaban J connectivity index is 1.23. The predicted octanol–water partition coefficient (Wildman–Crippen LogP) is 3.90. The van der Waals surface area contributed by atoms with Gasteiger partial charge in [0.2, 0.25) is 0 Å². The Morgan fingerprint density at radius 1 is 1.03 bits per heavy atom. The Kier molecular flexibility index (Phi) is 8.12. The van der Waals surface area contributed by atoms with Crippen molar-refractivity contribution in [1.82, 2.24) is 24.2 Å². The number of benzene rings is 1. The van der Waals surface area contributed by atoms with Gasteiger partial charge in [-0.3, -0.25) is 9.36 Å². The summed E-state index contributed by atoms with van der Waals surface area (Å²) in [5.74, 6) is 0.296. The van der Waals surface area contributed by atoms with Crippen LogP contribution in [0.2, 0.25) is 4.34 Å². The molecule has 2 amide bonds. The van der Waals surface area contributed by atoms with Gasteiger partial charge >= 0.3 is 6.03 Å². The highest BCUT2D eigenvalue weighted by atomic mass is 35.5. The van der Waals surface area contributed by atoms with Crippen LogP contribution in [0.4, 0.5) is 16.2 Å². The number of fused-ring (bicyclic) bond motifs is 1. The zero-order chi connectivity index (χ0) is 27.4. The molecule has 0 atom stereocenters. The third-order valence-electron chi connectivity index (χ3n) is 6.26. The number of hydrogen-bond donors (Lipinski definition) is 3. The van der Waals surface area contributed by atoms with E-state index in [0.29, 0.717) is 16.7 Å². The number of carbonyl (C=O) groups is 1. The van der Waals surface area contributed by atoms with E-state index in [1.54, 1.807) is 6.07 Å². The molecule has 1 aromatic carbocycles. The van der Waals surface area contributed by atoms with Crippen LogP contribution in [0.3, 0.4) is 0 Å². The maximum atomic E-state index is 13.1. The number of piperidine rings is 1. The van der Waals surface area contributed by atoms with Crippen LogP contribution in [0.1, 0.15) is 19.3 Å². The van der Waals surface area contributed by atoms with Gasteiger partial charge in [0.25, 0.3) is 15.6 Å². The van der Waals surface area contributed by atoms with E-state index in [4.69, 9.17) is 11.6 Å². The molecule has 1 fully saturated rings. The van der Waals surface area contributed by atoms with Crippen LogP contribution in [0, 0.1) is 0 Å². The summed E-state index contributed by atoms with van der Waals surface area (Å²) in [6.07, 6.45) is 6.54. The van der Waals surface area contributed by atoms with Crippen molar-refractivity contribution in [1.29, 1.82) is 0 Å². The van der Waals surface area contributed by atoms with Crippen molar-refractivity contribution in [3.63, 3.8) is 0 Å². The number of carbonyl (C=O) groups excluding carboxylic acids is 1. The van der Waals surface area contributed by atoms with Crippen LogP contribution < -0.4 is 20.9 Å². The third kappa shape index (κ3) is 6.56. The fourth-order valence-electron chi connectivity index (χ4n) is 4.31. The second kappa shape index (κ2) is 11.7. The lowest BCUT2D eigenvalue weighted by Gasteiger charge is -2.26. The molecule has 1 aliphatic heterocycles. The molecule has 3 aromatic heterocycles. The molecule has 4 aromatic rings. The molecular formula is C25H26ClN7O4S2. The van der Waals surface area contributed by atoms with Crippen molar-refractivity contribution >= 4 is 61.3 Å². The molecule has 204 valence electrons. The van der Waals surface area contributed by atoms with E-state index < -0.39 is 16.1 Å². The molecule has 11 nitrogen and oxygen atoms in total. The second-order valence-corrected chi connectivity index (χ2v) is 12.6. The number of likely N-dealkylation sites (tertiary alicyclic amines) is 1. The Morgan fingerprint density at radius 2 is 1.82 bits per heavy atom. The Hall–Kier alpha value is -3.52. The average Bonchev–Trinajstić information content (AvgIpc) is 3.37. The summed E-state index contributed by atoms with van der Waals surface area (Å²) in [7, 11) is -4.06. The van der Waals surface area contributed by atoms with Gasteiger partial charge in [-0.05, 0) is 68.4 Å². The lowest BCUT2D eigenvalue weighted by molar-refractivity contribution is 0.237. The van der Waals surface area contributed by atoms with Crippen LogP contribution in [0.5, 0.6) is 0 Å². The maximum absolute atomic E-state index is 13.1. The molecule has 5 rings (SSSR count). The summed E-state index contributed by atoms with van der Waals surface area (Å²) < 4.78 is 28.0. The monoisotopic (exact) mass is 587 g/mol. The molecule has 3 N–H and O–H groups in total. The van der Waals surface area contributed by atoms with Crippen LogP contribution >= 0.6 is 22.9 Å². The fourth-order valence-corrected chi connectivity index (χ4v) is 6.70. The van der Waals surface area contributed by atoms with E-state index >= 15 is 0 Å².